The third kappa shape index (κ3) is 9.07. The van der Waals surface area contributed by atoms with Gasteiger partial charge < -0.3 is 5.32 Å². The Hall–Kier alpha value is -0.530. The molecule has 1 rings (SSSR count). The van der Waals surface area contributed by atoms with E-state index in [1.54, 1.807) is 0 Å². The molecule has 0 saturated heterocycles. The summed E-state index contributed by atoms with van der Waals surface area (Å²) >= 11 is 0. The minimum absolute atomic E-state index is 0.269. The zero-order valence-corrected chi connectivity index (χ0v) is 12.9. The predicted molar refractivity (Wildman–Crippen MR) is 82.2 cm³/mol. The van der Waals surface area contributed by atoms with E-state index in [4.69, 9.17) is 0 Å². The largest absolute Gasteiger partial charge is 0.356 e. The average molecular weight is 267 g/mol. The normalized spacial score (nSPS) is 17.1. The van der Waals surface area contributed by atoms with Crippen LogP contribution < -0.4 is 5.32 Å². The standard InChI is InChI=1S/C17H33NO/c1-2-3-4-5-10-13-17(19)18-15-14-16-11-8-6-7-9-12-16/h16H,2-15H2,1H3,(H,18,19). The molecule has 19 heavy (non-hydrogen) atoms. The van der Waals surface area contributed by atoms with Crippen molar-refractivity contribution in [3.8, 4) is 0 Å². The number of hydrogen-bond donors (Lipinski definition) is 1. The van der Waals surface area contributed by atoms with Gasteiger partial charge in [-0.05, 0) is 18.8 Å². The molecule has 0 spiro atoms. The zero-order valence-electron chi connectivity index (χ0n) is 12.9. The maximum Gasteiger partial charge on any atom is 0.219 e. The van der Waals surface area contributed by atoms with Crippen molar-refractivity contribution in [2.75, 3.05) is 6.54 Å². The number of hydrogen-bond acceptors (Lipinski definition) is 1. The van der Waals surface area contributed by atoms with Crippen LogP contribution in [0, 0.1) is 5.92 Å². The van der Waals surface area contributed by atoms with Gasteiger partial charge in [0.1, 0.15) is 0 Å². The van der Waals surface area contributed by atoms with Crippen molar-refractivity contribution >= 4 is 5.91 Å². The number of nitrogens with one attached hydrogen (secondary N) is 1. The highest BCUT2D eigenvalue weighted by Gasteiger charge is 2.12. The lowest BCUT2D eigenvalue weighted by atomic mass is 9.97. The second kappa shape index (κ2) is 11.3. The first-order chi connectivity index (χ1) is 9.33. The van der Waals surface area contributed by atoms with Gasteiger partial charge in [0.25, 0.3) is 0 Å². The maximum atomic E-state index is 11.7. The first-order valence-electron chi connectivity index (χ1n) is 8.59. The average Bonchev–Trinajstić information content (AvgIpc) is 2.67. The fourth-order valence-electron chi connectivity index (χ4n) is 3.05. The Bertz CT molecular complexity index is 219. The van der Waals surface area contributed by atoms with Gasteiger partial charge in [-0.3, -0.25) is 4.79 Å². The molecule has 0 radical (unpaired) electrons. The molecule has 1 saturated carbocycles. The lowest BCUT2D eigenvalue weighted by Gasteiger charge is -2.14. The van der Waals surface area contributed by atoms with Gasteiger partial charge in [-0.1, -0.05) is 71.1 Å². The van der Waals surface area contributed by atoms with Crippen molar-refractivity contribution in [1.29, 1.82) is 0 Å². The summed E-state index contributed by atoms with van der Waals surface area (Å²) in [6, 6.07) is 0. The summed E-state index contributed by atoms with van der Waals surface area (Å²) in [6.07, 6.45) is 16.5. The molecule has 0 aromatic rings. The van der Waals surface area contributed by atoms with Crippen LogP contribution in [0.25, 0.3) is 0 Å². The van der Waals surface area contributed by atoms with Crippen LogP contribution in [0.1, 0.15) is 90.4 Å². The molecule has 0 aliphatic heterocycles. The summed E-state index contributed by atoms with van der Waals surface area (Å²) in [5, 5.41) is 3.10. The van der Waals surface area contributed by atoms with Gasteiger partial charge in [0, 0.05) is 13.0 Å². The molecule has 1 amide bonds. The fraction of sp³-hybridized carbons (Fsp3) is 0.941. The summed E-state index contributed by atoms with van der Waals surface area (Å²) in [7, 11) is 0. The summed E-state index contributed by atoms with van der Waals surface area (Å²) in [5.74, 6) is 1.14. The molecule has 1 N–H and O–H groups in total. The van der Waals surface area contributed by atoms with Gasteiger partial charge in [-0.15, -0.1) is 0 Å². The highest BCUT2D eigenvalue weighted by atomic mass is 16.1. The van der Waals surface area contributed by atoms with Crippen molar-refractivity contribution in [1.82, 2.24) is 5.32 Å². The van der Waals surface area contributed by atoms with E-state index in [1.165, 1.54) is 70.6 Å². The van der Waals surface area contributed by atoms with Gasteiger partial charge in [0.05, 0.1) is 0 Å². The Labute approximate surface area is 119 Å². The molecule has 0 atom stereocenters. The Balaban J connectivity index is 1.94. The minimum atomic E-state index is 0.269. The van der Waals surface area contributed by atoms with Gasteiger partial charge in [-0.25, -0.2) is 0 Å². The van der Waals surface area contributed by atoms with Crippen LogP contribution in [0.15, 0.2) is 0 Å². The van der Waals surface area contributed by atoms with E-state index >= 15 is 0 Å². The number of rotatable bonds is 9. The smallest absolute Gasteiger partial charge is 0.219 e. The first-order valence-corrected chi connectivity index (χ1v) is 8.59. The van der Waals surface area contributed by atoms with Crippen molar-refractivity contribution in [2.45, 2.75) is 90.4 Å². The van der Waals surface area contributed by atoms with Crippen molar-refractivity contribution in [3.63, 3.8) is 0 Å². The molecule has 0 aromatic carbocycles. The van der Waals surface area contributed by atoms with Gasteiger partial charge in [0.2, 0.25) is 5.91 Å². The predicted octanol–water partition coefficient (Wildman–Crippen LogP) is 4.82. The van der Waals surface area contributed by atoms with E-state index in [-0.39, 0.29) is 5.91 Å². The molecular formula is C17H33NO. The van der Waals surface area contributed by atoms with E-state index in [2.05, 4.69) is 12.2 Å². The highest BCUT2D eigenvalue weighted by molar-refractivity contribution is 5.75. The summed E-state index contributed by atoms with van der Waals surface area (Å²) in [4.78, 5) is 11.7. The molecule has 2 nitrogen and oxygen atoms in total. The number of carbonyl (C=O) groups excluding carboxylic acids is 1. The van der Waals surface area contributed by atoms with Crippen LogP contribution in [0.5, 0.6) is 0 Å². The molecule has 2 heteroatoms. The second-order valence-corrected chi connectivity index (χ2v) is 6.16. The highest BCUT2D eigenvalue weighted by Crippen LogP contribution is 2.24. The van der Waals surface area contributed by atoms with Gasteiger partial charge in [-0.2, -0.15) is 0 Å². The molecule has 1 aliphatic rings. The molecule has 0 heterocycles. The SMILES string of the molecule is CCCCCCCC(=O)NCCC1CCCCCC1. The van der Waals surface area contributed by atoms with E-state index in [9.17, 15) is 4.79 Å². The molecule has 1 fully saturated rings. The third-order valence-electron chi connectivity index (χ3n) is 4.36. The zero-order chi connectivity index (χ0) is 13.8. The van der Waals surface area contributed by atoms with E-state index in [1.807, 2.05) is 0 Å². The van der Waals surface area contributed by atoms with Gasteiger partial charge >= 0.3 is 0 Å². The van der Waals surface area contributed by atoms with Crippen LogP contribution >= 0.6 is 0 Å². The quantitative estimate of drug-likeness (QED) is 0.471. The fourth-order valence-corrected chi connectivity index (χ4v) is 3.05. The van der Waals surface area contributed by atoms with E-state index < -0.39 is 0 Å². The number of carbonyl (C=O) groups is 1. The lowest BCUT2D eigenvalue weighted by molar-refractivity contribution is -0.121. The number of amides is 1. The molecule has 112 valence electrons. The third-order valence-corrected chi connectivity index (χ3v) is 4.36. The topological polar surface area (TPSA) is 29.1 Å². The monoisotopic (exact) mass is 267 g/mol. The van der Waals surface area contributed by atoms with Crippen molar-refractivity contribution in [3.05, 3.63) is 0 Å². The molecule has 0 bridgehead atoms. The Kier molecular flexibility index (Phi) is 9.84. The van der Waals surface area contributed by atoms with Crippen LogP contribution in [0.2, 0.25) is 0 Å². The summed E-state index contributed by atoms with van der Waals surface area (Å²) in [5.41, 5.74) is 0. The lowest BCUT2D eigenvalue weighted by Crippen LogP contribution is -2.25. The molecule has 1 aliphatic carbocycles. The maximum absolute atomic E-state index is 11.7. The van der Waals surface area contributed by atoms with Crippen LogP contribution in [-0.2, 0) is 4.79 Å². The van der Waals surface area contributed by atoms with Crippen molar-refractivity contribution < 1.29 is 4.79 Å². The van der Waals surface area contributed by atoms with E-state index in [0.717, 1.165) is 25.3 Å². The summed E-state index contributed by atoms with van der Waals surface area (Å²) < 4.78 is 0. The van der Waals surface area contributed by atoms with Crippen LogP contribution in [0.4, 0.5) is 0 Å². The van der Waals surface area contributed by atoms with Gasteiger partial charge in [0.15, 0.2) is 0 Å². The Morgan fingerprint density at radius 3 is 2.37 bits per heavy atom. The summed E-state index contributed by atoms with van der Waals surface area (Å²) in [6.45, 7) is 3.12. The Morgan fingerprint density at radius 1 is 1.00 bits per heavy atom. The Morgan fingerprint density at radius 2 is 1.68 bits per heavy atom. The minimum Gasteiger partial charge on any atom is -0.356 e. The second-order valence-electron chi connectivity index (χ2n) is 6.16. The van der Waals surface area contributed by atoms with E-state index in [0.29, 0.717) is 0 Å². The molecule has 0 unspecified atom stereocenters. The molecule has 0 aromatic heterocycles. The van der Waals surface area contributed by atoms with Crippen LogP contribution in [-0.4, -0.2) is 12.5 Å². The van der Waals surface area contributed by atoms with Crippen molar-refractivity contribution in [2.24, 2.45) is 5.92 Å². The van der Waals surface area contributed by atoms with Crippen LogP contribution in [0.3, 0.4) is 0 Å². The number of unbranched alkanes of at least 4 members (excludes halogenated alkanes) is 4. The molecular weight excluding hydrogens is 234 g/mol. The first kappa shape index (κ1) is 16.5.